The summed E-state index contributed by atoms with van der Waals surface area (Å²) in [7, 11) is 0. The van der Waals surface area contributed by atoms with E-state index in [9.17, 15) is 4.79 Å². The lowest BCUT2D eigenvalue weighted by Gasteiger charge is -2.08. The first-order valence-corrected chi connectivity index (χ1v) is 9.41. The monoisotopic (exact) mass is 366 g/mol. The molecule has 1 N–H and O–H groups in total. The minimum atomic E-state index is 0.0371. The zero-order valence-electron chi connectivity index (χ0n) is 15.5. The molecule has 27 heavy (non-hydrogen) atoms. The van der Waals surface area contributed by atoms with E-state index in [0.717, 1.165) is 55.7 Å². The lowest BCUT2D eigenvalue weighted by Crippen LogP contribution is -2.10. The first-order chi connectivity index (χ1) is 13.3. The average Bonchev–Trinajstić information content (AvgIpc) is 2.69. The van der Waals surface area contributed by atoms with Crippen LogP contribution in [0.3, 0.4) is 0 Å². The van der Waals surface area contributed by atoms with Crippen molar-refractivity contribution in [2.45, 2.75) is 44.9 Å². The smallest absolute Gasteiger partial charge is 0.224 e. The Hall–Kier alpha value is -2.98. The number of hydrogen-bond acceptors (Lipinski definition) is 3. The first kappa shape index (κ1) is 20.3. The number of nitrogens with one attached hydrogen (secondary N) is 1. The molecule has 2 aromatic rings. The normalized spacial score (nSPS) is 10.1. The van der Waals surface area contributed by atoms with Gasteiger partial charge in [0.1, 0.15) is 11.5 Å². The third kappa shape index (κ3) is 8.79. The number of carbonyl (C=O) groups is 1. The molecule has 0 atom stereocenters. The molecule has 0 spiro atoms. The second-order valence-corrected chi connectivity index (χ2v) is 6.31. The molecule has 6 nitrogen and oxygen atoms in total. The predicted octanol–water partition coefficient (Wildman–Crippen LogP) is 6.46. The van der Waals surface area contributed by atoms with Gasteiger partial charge in [0.25, 0.3) is 0 Å². The summed E-state index contributed by atoms with van der Waals surface area (Å²) in [6, 6.07) is 17.0. The third-order valence-electron chi connectivity index (χ3n) is 4.09. The van der Waals surface area contributed by atoms with Crippen molar-refractivity contribution in [3.63, 3.8) is 0 Å². The predicted molar refractivity (Wildman–Crippen MR) is 108 cm³/mol. The molecule has 0 heterocycles. The SMILES string of the molecule is [N-]=[N+]=NCCCCCCCCC(=O)Nc1ccc(Oc2ccccc2)cc1. The summed E-state index contributed by atoms with van der Waals surface area (Å²) in [6.45, 7) is 0.577. The van der Waals surface area contributed by atoms with E-state index in [4.69, 9.17) is 10.3 Å². The maximum atomic E-state index is 12.0. The molecule has 0 unspecified atom stereocenters. The van der Waals surface area contributed by atoms with Crippen LogP contribution < -0.4 is 10.1 Å². The summed E-state index contributed by atoms with van der Waals surface area (Å²) in [6.07, 6.45) is 6.69. The number of ether oxygens (including phenoxy) is 1. The van der Waals surface area contributed by atoms with Gasteiger partial charge in [0.2, 0.25) is 5.91 Å². The molecule has 0 bridgehead atoms. The zero-order chi connectivity index (χ0) is 19.2. The fraction of sp³-hybridized carbons (Fsp3) is 0.381. The molecule has 0 aliphatic heterocycles. The van der Waals surface area contributed by atoms with E-state index < -0.39 is 0 Å². The number of carbonyl (C=O) groups excluding carboxylic acids is 1. The van der Waals surface area contributed by atoms with Crippen LogP contribution in [-0.2, 0) is 4.79 Å². The molecule has 6 heteroatoms. The van der Waals surface area contributed by atoms with Crippen molar-refractivity contribution in [1.29, 1.82) is 0 Å². The van der Waals surface area contributed by atoms with Gasteiger partial charge in [0, 0.05) is 23.6 Å². The second kappa shape index (κ2) is 12.4. The van der Waals surface area contributed by atoms with Crippen LogP contribution in [0.2, 0.25) is 0 Å². The van der Waals surface area contributed by atoms with Gasteiger partial charge >= 0.3 is 0 Å². The molecule has 0 aromatic heterocycles. The van der Waals surface area contributed by atoms with E-state index >= 15 is 0 Å². The lowest BCUT2D eigenvalue weighted by molar-refractivity contribution is -0.116. The number of rotatable bonds is 12. The number of anilines is 1. The van der Waals surface area contributed by atoms with Crippen molar-refractivity contribution < 1.29 is 9.53 Å². The number of amides is 1. The largest absolute Gasteiger partial charge is 0.457 e. The van der Waals surface area contributed by atoms with Gasteiger partial charge in [-0.15, -0.1) is 0 Å². The topological polar surface area (TPSA) is 87.1 Å². The molecule has 0 saturated heterocycles. The van der Waals surface area contributed by atoms with Crippen LogP contribution in [0, 0.1) is 0 Å². The molecule has 0 saturated carbocycles. The summed E-state index contributed by atoms with van der Waals surface area (Å²) in [4.78, 5) is 14.7. The molecule has 0 aliphatic carbocycles. The van der Waals surface area contributed by atoms with Crippen LogP contribution in [-0.4, -0.2) is 12.5 Å². The number of benzene rings is 2. The highest BCUT2D eigenvalue weighted by molar-refractivity contribution is 5.90. The van der Waals surface area contributed by atoms with Crippen molar-refractivity contribution in [3.8, 4) is 11.5 Å². The van der Waals surface area contributed by atoms with Gasteiger partial charge in [0.15, 0.2) is 0 Å². The second-order valence-electron chi connectivity index (χ2n) is 6.31. The Morgan fingerprint density at radius 2 is 1.52 bits per heavy atom. The van der Waals surface area contributed by atoms with Crippen LogP contribution in [0.25, 0.3) is 10.4 Å². The highest BCUT2D eigenvalue weighted by Gasteiger charge is 2.03. The van der Waals surface area contributed by atoms with Gasteiger partial charge in [-0.05, 0) is 54.8 Å². The Labute approximate surface area is 160 Å². The molecular formula is C21H26N4O2. The van der Waals surface area contributed by atoms with Gasteiger partial charge in [0.05, 0.1) is 0 Å². The molecule has 2 aromatic carbocycles. The highest BCUT2D eigenvalue weighted by atomic mass is 16.5. The molecule has 1 amide bonds. The summed E-state index contributed by atoms with van der Waals surface area (Å²) in [5, 5.41) is 6.43. The van der Waals surface area contributed by atoms with Crippen LogP contribution in [0.5, 0.6) is 11.5 Å². The number of azide groups is 1. The maximum absolute atomic E-state index is 12.0. The van der Waals surface area contributed by atoms with Gasteiger partial charge in [-0.3, -0.25) is 4.79 Å². The third-order valence-corrected chi connectivity index (χ3v) is 4.09. The minimum absolute atomic E-state index is 0.0371. The summed E-state index contributed by atoms with van der Waals surface area (Å²) >= 11 is 0. The van der Waals surface area contributed by atoms with Crippen LogP contribution in [0.15, 0.2) is 59.7 Å². The summed E-state index contributed by atoms with van der Waals surface area (Å²) in [5.74, 6) is 1.56. The number of hydrogen-bond donors (Lipinski definition) is 1. The van der Waals surface area contributed by atoms with Crippen molar-refractivity contribution in [1.82, 2.24) is 0 Å². The number of para-hydroxylation sites is 1. The first-order valence-electron chi connectivity index (χ1n) is 9.41. The van der Waals surface area contributed by atoms with Crippen LogP contribution >= 0.6 is 0 Å². The minimum Gasteiger partial charge on any atom is -0.457 e. The van der Waals surface area contributed by atoms with Crippen LogP contribution in [0.1, 0.15) is 44.9 Å². The molecular weight excluding hydrogens is 340 g/mol. The van der Waals surface area contributed by atoms with Gasteiger partial charge in [-0.2, -0.15) is 0 Å². The zero-order valence-corrected chi connectivity index (χ0v) is 15.5. The van der Waals surface area contributed by atoms with E-state index in [1.807, 2.05) is 54.6 Å². The molecule has 0 radical (unpaired) electrons. The summed E-state index contributed by atoms with van der Waals surface area (Å²) < 4.78 is 5.74. The standard InChI is InChI=1S/C21H26N4O2/c22-25-23-17-9-4-2-1-3-8-12-21(26)24-18-13-15-20(16-14-18)27-19-10-6-5-7-11-19/h5-7,10-11,13-16H,1-4,8-9,12,17H2,(H,24,26). The Kier molecular flexibility index (Phi) is 9.33. The van der Waals surface area contributed by atoms with E-state index in [2.05, 4.69) is 15.3 Å². The lowest BCUT2D eigenvalue weighted by atomic mass is 10.1. The van der Waals surface area contributed by atoms with Gasteiger partial charge in [-0.1, -0.05) is 49.0 Å². The Bertz CT molecular complexity index is 726. The quantitative estimate of drug-likeness (QED) is 0.202. The van der Waals surface area contributed by atoms with Crippen molar-refractivity contribution in [2.75, 3.05) is 11.9 Å². The average molecular weight is 366 g/mol. The Morgan fingerprint density at radius 1 is 0.889 bits per heavy atom. The van der Waals surface area contributed by atoms with Crippen LogP contribution in [0.4, 0.5) is 5.69 Å². The maximum Gasteiger partial charge on any atom is 0.224 e. The summed E-state index contributed by atoms with van der Waals surface area (Å²) in [5.41, 5.74) is 8.96. The number of unbranched alkanes of at least 4 members (excludes halogenated alkanes) is 5. The molecule has 142 valence electrons. The van der Waals surface area contributed by atoms with E-state index in [1.54, 1.807) is 0 Å². The van der Waals surface area contributed by atoms with Gasteiger partial charge in [-0.25, -0.2) is 0 Å². The van der Waals surface area contributed by atoms with Crippen molar-refractivity contribution in [3.05, 3.63) is 65.0 Å². The fourth-order valence-electron chi connectivity index (χ4n) is 2.67. The highest BCUT2D eigenvalue weighted by Crippen LogP contribution is 2.22. The molecule has 0 fully saturated rings. The number of nitrogens with zero attached hydrogens (tertiary/aromatic N) is 3. The molecule has 2 rings (SSSR count). The van der Waals surface area contributed by atoms with E-state index in [0.29, 0.717) is 13.0 Å². The van der Waals surface area contributed by atoms with Crippen molar-refractivity contribution >= 4 is 11.6 Å². The van der Waals surface area contributed by atoms with Crippen molar-refractivity contribution in [2.24, 2.45) is 5.11 Å². The molecule has 0 aliphatic rings. The van der Waals surface area contributed by atoms with Gasteiger partial charge < -0.3 is 10.1 Å². The Balaban J connectivity index is 1.59. The van der Waals surface area contributed by atoms with E-state index in [-0.39, 0.29) is 5.91 Å². The Morgan fingerprint density at radius 3 is 2.22 bits per heavy atom. The fourth-order valence-corrected chi connectivity index (χ4v) is 2.67. The van der Waals surface area contributed by atoms with E-state index in [1.165, 1.54) is 0 Å².